The average molecular weight is 315 g/mol. The highest BCUT2D eigenvalue weighted by Crippen LogP contribution is 2.18. The summed E-state index contributed by atoms with van der Waals surface area (Å²) in [6.45, 7) is 0.805. The summed E-state index contributed by atoms with van der Waals surface area (Å²) in [5.41, 5.74) is 0. The fraction of sp³-hybridized carbons (Fsp3) is 0.600. The Balaban J connectivity index is 1.66. The summed E-state index contributed by atoms with van der Waals surface area (Å²) in [6.07, 6.45) is 0. The fourth-order valence-electron chi connectivity index (χ4n) is 1.35. The summed E-state index contributed by atoms with van der Waals surface area (Å²) in [4.78, 5) is 1.79. The molecule has 20 heavy (non-hydrogen) atoms. The van der Waals surface area contributed by atoms with Crippen LogP contribution in [0, 0.1) is 0 Å². The van der Waals surface area contributed by atoms with Crippen LogP contribution in [-0.2, 0) is 5.75 Å². The molecule has 0 bridgehead atoms. The van der Waals surface area contributed by atoms with Crippen molar-refractivity contribution in [2.45, 2.75) is 5.75 Å². The van der Waals surface area contributed by atoms with Crippen LogP contribution < -0.4 is 15.5 Å². The monoisotopic (exact) mass is 315 g/mol. The molecular formula is C10H17N7OS2. The van der Waals surface area contributed by atoms with Crippen LogP contribution in [0.3, 0.4) is 0 Å². The van der Waals surface area contributed by atoms with Gasteiger partial charge in [-0.05, 0) is 0 Å². The molecule has 110 valence electrons. The first-order valence-electron chi connectivity index (χ1n) is 6.02. The molecule has 2 aromatic heterocycles. The standard InChI is InChI=1S/C10H17N7OS2/c1-11-8-9(16-20-15-8)12-4-5-19-6-7-13-14-10(18-7)17(2)3/h4-6H2,1-3H3,(H,11,15)(H,12,16). The number of hydrogen-bond acceptors (Lipinski definition) is 10. The molecule has 2 aromatic rings. The Hall–Kier alpha value is -1.55. The lowest BCUT2D eigenvalue weighted by atomic mass is 10.6. The first-order valence-corrected chi connectivity index (χ1v) is 7.91. The molecule has 0 amide bonds. The van der Waals surface area contributed by atoms with Crippen LogP contribution in [0.25, 0.3) is 0 Å². The number of rotatable bonds is 8. The highest BCUT2D eigenvalue weighted by atomic mass is 32.2. The van der Waals surface area contributed by atoms with E-state index < -0.39 is 0 Å². The van der Waals surface area contributed by atoms with Crippen LogP contribution in [0.4, 0.5) is 17.7 Å². The lowest BCUT2D eigenvalue weighted by Gasteiger charge is -2.04. The topological polar surface area (TPSA) is 92.0 Å². The minimum atomic E-state index is 0.533. The molecule has 10 heteroatoms. The third-order valence-corrected chi connectivity index (χ3v) is 3.80. The van der Waals surface area contributed by atoms with Gasteiger partial charge in [0.2, 0.25) is 5.89 Å². The number of anilines is 3. The molecular weight excluding hydrogens is 298 g/mol. The average Bonchev–Trinajstić information content (AvgIpc) is 3.06. The number of hydrogen-bond donors (Lipinski definition) is 2. The Morgan fingerprint density at radius 2 is 2.05 bits per heavy atom. The molecule has 2 N–H and O–H groups in total. The molecule has 8 nitrogen and oxygen atoms in total. The molecule has 0 saturated heterocycles. The molecule has 2 rings (SSSR count). The molecule has 0 aromatic carbocycles. The van der Waals surface area contributed by atoms with E-state index in [9.17, 15) is 0 Å². The zero-order chi connectivity index (χ0) is 14.4. The van der Waals surface area contributed by atoms with Crippen molar-refractivity contribution in [3.05, 3.63) is 5.89 Å². The van der Waals surface area contributed by atoms with Gasteiger partial charge in [-0.3, -0.25) is 0 Å². The van der Waals surface area contributed by atoms with E-state index in [2.05, 4.69) is 29.6 Å². The van der Waals surface area contributed by atoms with E-state index in [-0.39, 0.29) is 0 Å². The van der Waals surface area contributed by atoms with Crippen molar-refractivity contribution in [1.82, 2.24) is 18.9 Å². The minimum Gasteiger partial charge on any atom is -0.407 e. The van der Waals surface area contributed by atoms with Crippen molar-refractivity contribution in [2.75, 3.05) is 49.0 Å². The Bertz CT molecular complexity index is 527. The van der Waals surface area contributed by atoms with Gasteiger partial charge < -0.3 is 20.0 Å². The first-order chi connectivity index (χ1) is 9.70. The second kappa shape index (κ2) is 7.29. The summed E-state index contributed by atoms with van der Waals surface area (Å²) in [6, 6.07) is 0.533. The predicted molar refractivity (Wildman–Crippen MR) is 82.7 cm³/mol. The molecule has 0 saturated carbocycles. The van der Waals surface area contributed by atoms with Gasteiger partial charge in [0.1, 0.15) is 0 Å². The molecule has 0 atom stereocenters. The van der Waals surface area contributed by atoms with Gasteiger partial charge in [0, 0.05) is 33.4 Å². The lowest BCUT2D eigenvalue weighted by Crippen LogP contribution is -2.08. The van der Waals surface area contributed by atoms with Crippen molar-refractivity contribution in [2.24, 2.45) is 0 Å². The zero-order valence-electron chi connectivity index (χ0n) is 11.6. The zero-order valence-corrected chi connectivity index (χ0v) is 13.2. The van der Waals surface area contributed by atoms with Gasteiger partial charge in [0.25, 0.3) is 0 Å². The third kappa shape index (κ3) is 3.97. The molecule has 0 aliphatic carbocycles. The van der Waals surface area contributed by atoms with Crippen LogP contribution >= 0.6 is 23.5 Å². The maximum Gasteiger partial charge on any atom is 0.317 e. The van der Waals surface area contributed by atoms with E-state index in [0.717, 1.165) is 23.9 Å². The second-order valence-electron chi connectivity index (χ2n) is 4.06. The van der Waals surface area contributed by atoms with Crippen molar-refractivity contribution < 1.29 is 4.42 Å². The van der Waals surface area contributed by atoms with E-state index in [0.29, 0.717) is 17.7 Å². The van der Waals surface area contributed by atoms with Gasteiger partial charge in [0.05, 0.1) is 17.5 Å². The molecule has 0 spiro atoms. The van der Waals surface area contributed by atoms with Crippen LogP contribution in [0.15, 0.2) is 4.42 Å². The minimum absolute atomic E-state index is 0.533. The maximum atomic E-state index is 5.47. The Morgan fingerprint density at radius 1 is 1.25 bits per heavy atom. The van der Waals surface area contributed by atoms with Crippen LogP contribution in [0.5, 0.6) is 0 Å². The molecule has 0 aliphatic rings. The van der Waals surface area contributed by atoms with Crippen molar-refractivity contribution >= 4 is 41.1 Å². The van der Waals surface area contributed by atoms with Gasteiger partial charge in [-0.1, -0.05) is 5.10 Å². The van der Waals surface area contributed by atoms with Gasteiger partial charge >= 0.3 is 6.01 Å². The van der Waals surface area contributed by atoms with Crippen molar-refractivity contribution in [1.29, 1.82) is 0 Å². The van der Waals surface area contributed by atoms with Crippen molar-refractivity contribution in [3.63, 3.8) is 0 Å². The summed E-state index contributed by atoms with van der Waals surface area (Å²) in [7, 11) is 5.57. The number of thioether (sulfide) groups is 1. The molecule has 0 aliphatic heterocycles. The van der Waals surface area contributed by atoms with E-state index in [1.54, 1.807) is 16.7 Å². The maximum absolute atomic E-state index is 5.47. The Kier molecular flexibility index (Phi) is 5.41. The molecule has 2 heterocycles. The molecule has 0 unspecified atom stereocenters. The summed E-state index contributed by atoms with van der Waals surface area (Å²) in [5, 5.41) is 14.1. The van der Waals surface area contributed by atoms with Gasteiger partial charge in [-0.15, -0.1) is 5.10 Å². The van der Waals surface area contributed by atoms with E-state index >= 15 is 0 Å². The van der Waals surface area contributed by atoms with Crippen LogP contribution in [0.2, 0.25) is 0 Å². The smallest absolute Gasteiger partial charge is 0.317 e. The van der Waals surface area contributed by atoms with Crippen LogP contribution in [0.1, 0.15) is 5.89 Å². The summed E-state index contributed by atoms with van der Waals surface area (Å²) in [5.74, 6) is 3.85. The van der Waals surface area contributed by atoms with Gasteiger partial charge in [-0.2, -0.15) is 20.5 Å². The normalized spacial score (nSPS) is 10.6. The lowest BCUT2D eigenvalue weighted by molar-refractivity contribution is 0.515. The first kappa shape index (κ1) is 14.9. The predicted octanol–water partition coefficient (Wildman–Crippen LogP) is 1.37. The Labute approximate surface area is 125 Å². The largest absolute Gasteiger partial charge is 0.407 e. The highest BCUT2D eigenvalue weighted by molar-refractivity contribution is 7.98. The van der Waals surface area contributed by atoms with Crippen LogP contribution in [-0.4, -0.2) is 52.4 Å². The van der Waals surface area contributed by atoms with Gasteiger partial charge in [0.15, 0.2) is 11.6 Å². The molecule has 0 radical (unpaired) electrons. The highest BCUT2D eigenvalue weighted by Gasteiger charge is 2.08. The summed E-state index contributed by atoms with van der Waals surface area (Å²) < 4.78 is 13.7. The second-order valence-corrected chi connectivity index (χ2v) is 5.70. The van der Waals surface area contributed by atoms with Crippen molar-refractivity contribution in [3.8, 4) is 0 Å². The fourth-order valence-corrected chi connectivity index (χ4v) is 2.57. The number of nitrogens with zero attached hydrogens (tertiary/aromatic N) is 5. The summed E-state index contributed by atoms with van der Waals surface area (Å²) >= 11 is 2.91. The van der Waals surface area contributed by atoms with Gasteiger partial charge in [-0.25, -0.2) is 0 Å². The SMILES string of the molecule is CNc1nsnc1NCCSCc1nnc(N(C)C)o1. The quantitative estimate of drug-likeness (QED) is 0.701. The van der Waals surface area contributed by atoms with E-state index in [1.807, 2.05) is 21.1 Å². The third-order valence-electron chi connectivity index (χ3n) is 2.33. The number of aromatic nitrogens is 4. The van der Waals surface area contributed by atoms with E-state index in [1.165, 1.54) is 11.7 Å². The number of nitrogens with one attached hydrogen (secondary N) is 2. The Morgan fingerprint density at radius 3 is 2.75 bits per heavy atom. The molecule has 0 fully saturated rings. The van der Waals surface area contributed by atoms with E-state index in [4.69, 9.17) is 4.42 Å².